The summed E-state index contributed by atoms with van der Waals surface area (Å²) < 4.78 is 5.26. The van der Waals surface area contributed by atoms with Crippen LogP contribution in [-0.4, -0.2) is 23.3 Å². The van der Waals surface area contributed by atoms with Gasteiger partial charge in [0.1, 0.15) is 5.60 Å². The first-order valence-corrected chi connectivity index (χ1v) is 5.43. The van der Waals surface area contributed by atoms with Gasteiger partial charge in [-0.05, 0) is 23.8 Å². The molecule has 1 saturated heterocycles. The van der Waals surface area contributed by atoms with E-state index < -0.39 is 5.60 Å². The van der Waals surface area contributed by atoms with Gasteiger partial charge < -0.3 is 9.84 Å². The molecule has 3 heteroatoms. The summed E-state index contributed by atoms with van der Waals surface area (Å²) in [5, 5.41) is 11.4. The van der Waals surface area contributed by atoms with E-state index in [4.69, 9.17) is 4.74 Å². The van der Waals surface area contributed by atoms with E-state index in [0.29, 0.717) is 19.6 Å². The van der Waals surface area contributed by atoms with Crippen molar-refractivity contribution in [3.05, 3.63) is 42.1 Å². The Balaban J connectivity index is 2.11. The van der Waals surface area contributed by atoms with Gasteiger partial charge in [0.25, 0.3) is 0 Å². The molecule has 82 valence electrons. The van der Waals surface area contributed by atoms with Gasteiger partial charge in [0.15, 0.2) is 0 Å². The van der Waals surface area contributed by atoms with Crippen molar-refractivity contribution in [2.45, 2.75) is 12.0 Å². The summed E-state index contributed by atoms with van der Waals surface area (Å²) >= 11 is 0. The van der Waals surface area contributed by atoms with Crippen LogP contribution in [0.1, 0.15) is 12.0 Å². The highest BCUT2D eigenvalue weighted by atomic mass is 16.5. The Morgan fingerprint density at radius 1 is 1.31 bits per heavy atom. The zero-order valence-corrected chi connectivity index (χ0v) is 8.89. The zero-order valence-electron chi connectivity index (χ0n) is 8.89. The lowest BCUT2D eigenvalue weighted by molar-refractivity contribution is 0.0233. The normalized spacial score (nSPS) is 25.1. The number of hydrogen-bond acceptors (Lipinski definition) is 3. The van der Waals surface area contributed by atoms with Crippen molar-refractivity contribution in [2.75, 3.05) is 13.2 Å². The maximum Gasteiger partial charge on any atom is 0.115 e. The predicted molar refractivity (Wildman–Crippen MR) is 61.1 cm³/mol. The fourth-order valence-electron chi connectivity index (χ4n) is 2.15. The number of hydrogen-bond donors (Lipinski definition) is 1. The van der Waals surface area contributed by atoms with Gasteiger partial charge in [-0.3, -0.25) is 4.98 Å². The van der Waals surface area contributed by atoms with E-state index >= 15 is 0 Å². The minimum absolute atomic E-state index is 0.388. The van der Waals surface area contributed by atoms with E-state index in [0.717, 1.165) is 16.5 Å². The maximum absolute atomic E-state index is 10.4. The van der Waals surface area contributed by atoms with Crippen LogP contribution in [0, 0.1) is 0 Å². The quantitative estimate of drug-likeness (QED) is 0.789. The largest absolute Gasteiger partial charge is 0.383 e. The number of pyridine rings is 1. The van der Waals surface area contributed by atoms with Crippen LogP contribution in [0.3, 0.4) is 0 Å². The van der Waals surface area contributed by atoms with E-state index in [1.807, 2.05) is 30.3 Å². The monoisotopic (exact) mass is 215 g/mol. The van der Waals surface area contributed by atoms with E-state index in [9.17, 15) is 5.11 Å². The molecule has 0 amide bonds. The molecule has 1 unspecified atom stereocenters. The number of aliphatic hydroxyl groups is 1. The van der Waals surface area contributed by atoms with Crippen LogP contribution in [0.2, 0.25) is 0 Å². The van der Waals surface area contributed by atoms with E-state index in [-0.39, 0.29) is 0 Å². The van der Waals surface area contributed by atoms with Crippen LogP contribution in [0.25, 0.3) is 10.9 Å². The van der Waals surface area contributed by atoms with Crippen molar-refractivity contribution in [3.63, 3.8) is 0 Å². The fourth-order valence-corrected chi connectivity index (χ4v) is 2.15. The minimum atomic E-state index is -0.815. The minimum Gasteiger partial charge on any atom is -0.383 e. The number of ether oxygens (including phenoxy) is 1. The molecule has 0 spiro atoms. The topological polar surface area (TPSA) is 42.4 Å². The van der Waals surface area contributed by atoms with E-state index in [1.54, 1.807) is 6.20 Å². The second-order valence-corrected chi connectivity index (χ2v) is 4.25. The van der Waals surface area contributed by atoms with Crippen molar-refractivity contribution in [1.82, 2.24) is 4.98 Å². The number of benzene rings is 1. The lowest BCUT2D eigenvalue weighted by Gasteiger charge is -2.21. The molecule has 3 nitrogen and oxygen atoms in total. The lowest BCUT2D eigenvalue weighted by Crippen LogP contribution is -2.25. The molecule has 1 fully saturated rings. The summed E-state index contributed by atoms with van der Waals surface area (Å²) in [6, 6.07) is 9.79. The number of nitrogens with zero attached hydrogens (tertiary/aromatic N) is 1. The van der Waals surface area contributed by atoms with Crippen molar-refractivity contribution >= 4 is 10.9 Å². The molecule has 2 aromatic rings. The van der Waals surface area contributed by atoms with E-state index in [1.165, 1.54) is 0 Å². The molecule has 0 aliphatic carbocycles. The molecular weight excluding hydrogens is 202 g/mol. The van der Waals surface area contributed by atoms with Crippen LogP contribution in [0.5, 0.6) is 0 Å². The molecule has 1 aliphatic rings. The van der Waals surface area contributed by atoms with Crippen molar-refractivity contribution in [2.24, 2.45) is 0 Å². The molecule has 0 radical (unpaired) electrons. The van der Waals surface area contributed by atoms with Crippen molar-refractivity contribution in [3.8, 4) is 0 Å². The predicted octanol–water partition coefficient (Wildman–Crippen LogP) is 1.84. The summed E-state index contributed by atoms with van der Waals surface area (Å²) in [6.07, 6.45) is 2.44. The third-order valence-corrected chi connectivity index (χ3v) is 3.14. The smallest absolute Gasteiger partial charge is 0.115 e. The van der Waals surface area contributed by atoms with Crippen LogP contribution >= 0.6 is 0 Å². The highest BCUT2D eigenvalue weighted by Gasteiger charge is 2.34. The number of fused-ring (bicyclic) bond motifs is 1. The molecular formula is C13H13NO2. The lowest BCUT2D eigenvalue weighted by atomic mass is 9.92. The Labute approximate surface area is 93.7 Å². The molecule has 1 aliphatic heterocycles. The van der Waals surface area contributed by atoms with Crippen molar-refractivity contribution in [1.29, 1.82) is 0 Å². The van der Waals surface area contributed by atoms with Gasteiger partial charge in [-0.25, -0.2) is 0 Å². The molecule has 1 N–H and O–H groups in total. The Kier molecular flexibility index (Phi) is 2.16. The molecule has 0 saturated carbocycles. The first kappa shape index (κ1) is 9.75. The Hall–Kier alpha value is -1.45. The van der Waals surface area contributed by atoms with Crippen LogP contribution in [-0.2, 0) is 10.3 Å². The van der Waals surface area contributed by atoms with Gasteiger partial charge >= 0.3 is 0 Å². The highest BCUT2D eigenvalue weighted by molar-refractivity contribution is 5.79. The molecule has 16 heavy (non-hydrogen) atoms. The third kappa shape index (κ3) is 1.49. The third-order valence-electron chi connectivity index (χ3n) is 3.14. The summed E-state index contributed by atoms with van der Waals surface area (Å²) in [6.45, 7) is 1.01. The van der Waals surface area contributed by atoms with Gasteiger partial charge in [-0.2, -0.15) is 0 Å². The van der Waals surface area contributed by atoms with Gasteiger partial charge in [-0.1, -0.05) is 12.1 Å². The Bertz CT molecular complexity index is 518. The average molecular weight is 215 g/mol. The molecule has 1 atom stereocenters. The molecule has 1 aromatic heterocycles. The summed E-state index contributed by atoms with van der Waals surface area (Å²) in [7, 11) is 0. The fraction of sp³-hybridized carbons (Fsp3) is 0.308. The number of aromatic nitrogens is 1. The standard InChI is InChI=1S/C13H13NO2/c15-13(5-7-16-9-13)11-3-4-12-10(8-11)2-1-6-14-12/h1-4,6,8,15H,5,7,9H2. The Morgan fingerprint density at radius 3 is 3.06 bits per heavy atom. The second kappa shape index (κ2) is 3.54. The Morgan fingerprint density at radius 2 is 2.25 bits per heavy atom. The van der Waals surface area contributed by atoms with Gasteiger partial charge in [-0.15, -0.1) is 0 Å². The van der Waals surface area contributed by atoms with Crippen LogP contribution in [0.4, 0.5) is 0 Å². The van der Waals surface area contributed by atoms with Gasteiger partial charge in [0, 0.05) is 24.6 Å². The molecule has 1 aromatic carbocycles. The highest BCUT2D eigenvalue weighted by Crippen LogP contribution is 2.31. The zero-order chi connectivity index (χ0) is 11.0. The summed E-state index contributed by atoms with van der Waals surface area (Å²) in [4.78, 5) is 4.26. The SMILES string of the molecule is OC1(c2ccc3ncccc3c2)CCOC1. The summed E-state index contributed by atoms with van der Waals surface area (Å²) in [5.41, 5.74) is 1.06. The van der Waals surface area contributed by atoms with Crippen LogP contribution in [0.15, 0.2) is 36.5 Å². The van der Waals surface area contributed by atoms with Gasteiger partial charge in [0.2, 0.25) is 0 Å². The van der Waals surface area contributed by atoms with Crippen LogP contribution < -0.4 is 0 Å². The number of rotatable bonds is 1. The first-order valence-electron chi connectivity index (χ1n) is 5.43. The molecule has 0 bridgehead atoms. The first-order chi connectivity index (χ1) is 7.78. The van der Waals surface area contributed by atoms with Gasteiger partial charge in [0.05, 0.1) is 12.1 Å². The van der Waals surface area contributed by atoms with E-state index in [2.05, 4.69) is 4.98 Å². The molecule has 3 rings (SSSR count). The summed E-state index contributed by atoms with van der Waals surface area (Å²) in [5.74, 6) is 0. The maximum atomic E-state index is 10.4. The van der Waals surface area contributed by atoms with Crippen molar-refractivity contribution < 1.29 is 9.84 Å². The average Bonchev–Trinajstić information content (AvgIpc) is 2.77. The molecule has 2 heterocycles. The second-order valence-electron chi connectivity index (χ2n) is 4.25.